The molecule has 1 aromatic carbocycles. The second-order valence-corrected chi connectivity index (χ2v) is 3.63. The first-order chi connectivity index (χ1) is 8.38. The molecule has 0 amide bonds. The number of nitrogens with two attached hydrogens (primary N) is 1. The molecule has 0 aliphatic rings. The van der Waals surface area contributed by atoms with Gasteiger partial charge in [-0.15, -0.1) is 0 Å². The lowest BCUT2D eigenvalue weighted by molar-refractivity contribution is -0.141. The predicted octanol–water partition coefficient (Wildman–Crippen LogP) is 3.49. The average Bonchev–Trinajstić information content (AvgIpc) is 2.29. The van der Waals surface area contributed by atoms with E-state index in [1.165, 1.54) is 30.3 Å². The van der Waals surface area contributed by atoms with Crippen LogP contribution in [0.15, 0.2) is 36.4 Å². The topological polar surface area (TPSA) is 38.9 Å². The Morgan fingerprint density at radius 3 is 2.06 bits per heavy atom. The summed E-state index contributed by atoms with van der Waals surface area (Å²) in [7, 11) is 0. The summed E-state index contributed by atoms with van der Waals surface area (Å²) in [6.45, 7) is 0. The van der Waals surface area contributed by atoms with Crippen LogP contribution >= 0.6 is 0 Å². The summed E-state index contributed by atoms with van der Waals surface area (Å²) in [6.07, 6.45) is -4.53. The van der Waals surface area contributed by atoms with Gasteiger partial charge in [0.15, 0.2) is 0 Å². The molecule has 18 heavy (non-hydrogen) atoms. The molecule has 0 atom stereocenters. The van der Waals surface area contributed by atoms with E-state index in [9.17, 15) is 17.6 Å². The van der Waals surface area contributed by atoms with Crippen molar-refractivity contribution in [2.75, 3.05) is 5.73 Å². The van der Waals surface area contributed by atoms with E-state index in [0.29, 0.717) is 11.1 Å². The molecule has 0 fully saturated rings. The molecule has 0 aliphatic carbocycles. The fourth-order valence-electron chi connectivity index (χ4n) is 1.51. The van der Waals surface area contributed by atoms with Crippen LogP contribution in [0, 0.1) is 5.82 Å². The van der Waals surface area contributed by atoms with Crippen LogP contribution in [0.1, 0.15) is 5.69 Å². The van der Waals surface area contributed by atoms with E-state index in [2.05, 4.69) is 4.98 Å². The Bertz CT molecular complexity index is 561. The molecular weight excluding hydrogens is 248 g/mol. The van der Waals surface area contributed by atoms with Gasteiger partial charge in [-0.05, 0) is 29.8 Å². The molecule has 2 N–H and O–H groups in total. The molecule has 0 spiro atoms. The Balaban J connectivity index is 2.45. The van der Waals surface area contributed by atoms with Gasteiger partial charge in [-0.2, -0.15) is 13.2 Å². The summed E-state index contributed by atoms with van der Waals surface area (Å²) in [5, 5.41) is 0. The maximum absolute atomic E-state index is 12.7. The predicted molar refractivity (Wildman–Crippen MR) is 59.0 cm³/mol. The normalized spacial score (nSPS) is 11.6. The third-order valence-electron chi connectivity index (χ3n) is 2.37. The second kappa shape index (κ2) is 4.29. The minimum atomic E-state index is -4.53. The van der Waals surface area contributed by atoms with Crippen molar-refractivity contribution in [2.45, 2.75) is 6.18 Å². The summed E-state index contributed by atoms with van der Waals surface area (Å²) < 4.78 is 49.9. The maximum Gasteiger partial charge on any atom is 0.433 e. The SMILES string of the molecule is Nc1nc(C(F)(F)F)ccc1-c1ccc(F)cc1. The first kappa shape index (κ1) is 12.3. The molecule has 0 saturated heterocycles. The Hall–Kier alpha value is -2.11. The lowest BCUT2D eigenvalue weighted by Crippen LogP contribution is -2.09. The van der Waals surface area contributed by atoms with Crippen molar-refractivity contribution in [1.29, 1.82) is 0 Å². The minimum Gasteiger partial charge on any atom is -0.383 e. The first-order valence-corrected chi connectivity index (χ1v) is 4.97. The fourth-order valence-corrected chi connectivity index (χ4v) is 1.51. The average molecular weight is 256 g/mol. The van der Waals surface area contributed by atoms with Gasteiger partial charge >= 0.3 is 6.18 Å². The van der Waals surface area contributed by atoms with Crippen LogP contribution in [0.3, 0.4) is 0 Å². The van der Waals surface area contributed by atoms with E-state index >= 15 is 0 Å². The van der Waals surface area contributed by atoms with Gasteiger partial charge in [0.2, 0.25) is 0 Å². The van der Waals surface area contributed by atoms with E-state index in [1.54, 1.807) is 0 Å². The number of aromatic nitrogens is 1. The molecular formula is C12H8F4N2. The molecule has 2 rings (SSSR count). The van der Waals surface area contributed by atoms with Gasteiger partial charge in [-0.3, -0.25) is 0 Å². The number of hydrogen-bond acceptors (Lipinski definition) is 2. The fraction of sp³-hybridized carbons (Fsp3) is 0.0833. The van der Waals surface area contributed by atoms with Crippen molar-refractivity contribution in [3.8, 4) is 11.1 Å². The number of rotatable bonds is 1. The third kappa shape index (κ3) is 2.42. The van der Waals surface area contributed by atoms with Gasteiger partial charge < -0.3 is 5.73 Å². The van der Waals surface area contributed by atoms with Gasteiger partial charge in [0.25, 0.3) is 0 Å². The minimum absolute atomic E-state index is 0.239. The molecule has 0 bridgehead atoms. The Morgan fingerprint density at radius 1 is 0.944 bits per heavy atom. The van der Waals surface area contributed by atoms with Gasteiger partial charge in [0.05, 0.1) is 0 Å². The Labute approximate surface area is 100 Å². The third-order valence-corrected chi connectivity index (χ3v) is 2.37. The zero-order valence-electron chi connectivity index (χ0n) is 9.00. The number of benzene rings is 1. The largest absolute Gasteiger partial charge is 0.433 e. The van der Waals surface area contributed by atoms with Crippen molar-refractivity contribution in [2.24, 2.45) is 0 Å². The summed E-state index contributed by atoms with van der Waals surface area (Å²) in [4.78, 5) is 3.30. The molecule has 0 aliphatic heterocycles. The number of halogens is 4. The van der Waals surface area contributed by atoms with Crippen molar-refractivity contribution >= 4 is 5.82 Å². The van der Waals surface area contributed by atoms with Crippen LogP contribution in [-0.4, -0.2) is 4.98 Å². The van der Waals surface area contributed by atoms with Crippen LogP contribution in [0.5, 0.6) is 0 Å². The highest BCUT2D eigenvalue weighted by atomic mass is 19.4. The van der Waals surface area contributed by atoms with Crippen molar-refractivity contribution in [3.05, 3.63) is 47.9 Å². The van der Waals surface area contributed by atoms with E-state index in [0.717, 1.165) is 6.07 Å². The Kier molecular flexibility index (Phi) is 2.94. The van der Waals surface area contributed by atoms with Gasteiger partial charge in [-0.1, -0.05) is 12.1 Å². The lowest BCUT2D eigenvalue weighted by Gasteiger charge is -2.09. The van der Waals surface area contributed by atoms with E-state index in [-0.39, 0.29) is 5.82 Å². The van der Waals surface area contributed by atoms with Crippen LogP contribution in [0.2, 0.25) is 0 Å². The molecule has 0 saturated carbocycles. The molecule has 94 valence electrons. The van der Waals surface area contributed by atoms with Crippen molar-refractivity contribution in [3.63, 3.8) is 0 Å². The number of nitrogen functional groups attached to an aromatic ring is 1. The molecule has 0 radical (unpaired) electrons. The number of alkyl halides is 3. The lowest BCUT2D eigenvalue weighted by atomic mass is 10.1. The standard InChI is InChI=1S/C12H8F4N2/c13-8-3-1-7(2-4-8)9-5-6-10(12(14,15)16)18-11(9)17/h1-6H,(H2,17,18). The van der Waals surface area contributed by atoms with Crippen molar-refractivity contribution in [1.82, 2.24) is 4.98 Å². The summed E-state index contributed by atoms with van der Waals surface area (Å²) in [6, 6.07) is 7.32. The zero-order chi connectivity index (χ0) is 13.3. The highest BCUT2D eigenvalue weighted by molar-refractivity contribution is 5.73. The van der Waals surface area contributed by atoms with Crippen molar-refractivity contribution < 1.29 is 17.6 Å². The quantitative estimate of drug-likeness (QED) is 0.793. The molecule has 0 unspecified atom stereocenters. The second-order valence-electron chi connectivity index (χ2n) is 3.63. The number of pyridine rings is 1. The monoisotopic (exact) mass is 256 g/mol. The molecule has 2 aromatic rings. The number of nitrogens with zero attached hydrogens (tertiary/aromatic N) is 1. The highest BCUT2D eigenvalue weighted by Crippen LogP contribution is 2.31. The van der Waals surface area contributed by atoms with Crippen LogP contribution in [0.25, 0.3) is 11.1 Å². The summed E-state index contributed by atoms with van der Waals surface area (Å²) in [5.41, 5.74) is 5.28. The van der Waals surface area contributed by atoms with E-state index < -0.39 is 17.7 Å². The van der Waals surface area contributed by atoms with Crippen LogP contribution in [0.4, 0.5) is 23.4 Å². The zero-order valence-corrected chi connectivity index (χ0v) is 9.00. The number of anilines is 1. The van der Waals surface area contributed by atoms with Gasteiger partial charge in [-0.25, -0.2) is 9.37 Å². The summed E-state index contributed by atoms with van der Waals surface area (Å²) in [5.74, 6) is -0.673. The maximum atomic E-state index is 12.7. The summed E-state index contributed by atoms with van der Waals surface area (Å²) >= 11 is 0. The van der Waals surface area contributed by atoms with Crippen LogP contribution < -0.4 is 5.73 Å². The highest BCUT2D eigenvalue weighted by Gasteiger charge is 2.32. The van der Waals surface area contributed by atoms with E-state index in [4.69, 9.17) is 5.73 Å². The molecule has 1 aromatic heterocycles. The molecule has 2 nitrogen and oxygen atoms in total. The smallest absolute Gasteiger partial charge is 0.383 e. The van der Waals surface area contributed by atoms with Gasteiger partial charge in [0, 0.05) is 5.56 Å². The Morgan fingerprint density at radius 2 is 1.56 bits per heavy atom. The first-order valence-electron chi connectivity index (χ1n) is 4.97. The van der Waals surface area contributed by atoms with Gasteiger partial charge in [0.1, 0.15) is 17.3 Å². The van der Waals surface area contributed by atoms with E-state index in [1.807, 2.05) is 0 Å². The van der Waals surface area contributed by atoms with Crippen LogP contribution in [-0.2, 0) is 6.18 Å². The molecule has 6 heteroatoms. The molecule has 1 heterocycles. The number of hydrogen-bond donors (Lipinski definition) is 1.